The summed E-state index contributed by atoms with van der Waals surface area (Å²) in [6.07, 6.45) is 7.91. The maximum absolute atomic E-state index is 12.1. The molecule has 3 amide bonds. The fraction of sp³-hybridized carbons (Fsp3) is 0.600. The molecule has 3 rings (SSSR count). The Kier molecular flexibility index (Phi) is 6.83. The first-order valence-corrected chi connectivity index (χ1v) is 10.5. The van der Waals surface area contributed by atoms with Crippen LogP contribution in [0.15, 0.2) is 29.2 Å². The summed E-state index contributed by atoms with van der Waals surface area (Å²) in [6.45, 7) is 2.66. The van der Waals surface area contributed by atoms with Gasteiger partial charge in [-0.1, -0.05) is 25.7 Å². The zero-order chi connectivity index (χ0) is 18.4. The van der Waals surface area contributed by atoms with Gasteiger partial charge in [-0.05, 0) is 56.4 Å². The van der Waals surface area contributed by atoms with Crippen LogP contribution >= 0.6 is 11.8 Å². The van der Waals surface area contributed by atoms with Crippen molar-refractivity contribution in [1.82, 2.24) is 10.6 Å². The second-order valence-electron chi connectivity index (χ2n) is 7.07. The van der Waals surface area contributed by atoms with Crippen molar-refractivity contribution >= 4 is 23.7 Å². The largest absolute Gasteiger partial charge is 0.494 e. The van der Waals surface area contributed by atoms with Crippen LogP contribution in [0.4, 0.5) is 4.79 Å². The Morgan fingerprint density at radius 2 is 1.81 bits per heavy atom. The van der Waals surface area contributed by atoms with Gasteiger partial charge < -0.3 is 10.1 Å². The van der Waals surface area contributed by atoms with Crippen molar-refractivity contribution in [2.24, 2.45) is 5.92 Å². The minimum absolute atomic E-state index is 0.163. The molecule has 3 unspecified atom stereocenters. The van der Waals surface area contributed by atoms with Crippen molar-refractivity contribution in [2.75, 3.05) is 6.61 Å². The van der Waals surface area contributed by atoms with Crippen molar-refractivity contribution < 1.29 is 14.3 Å². The lowest BCUT2D eigenvalue weighted by Crippen LogP contribution is -2.38. The topological polar surface area (TPSA) is 67.4 Å². The van der Waals surface area contributed by atoms with Gasteiger partial charge in [0.15, 0.2) is 0 Å². The van der Waals surface area contributed by atoms with E-state index in [1.165, 1.54) is 24.2 Å². The summed E-state index contributed by atoms with van der Waals surface area (Å²) in [6, 6.07) is 7.54. The average Bonchev–Trinajstić information content (AvgIpc) is 3.01. The highest BCUT2D eigenvalue weighted by Gasteiger charge is 2.37. The number of hydrogen-bond acceptors (Lipinski definition) is 4. The van der Waals surface area contributed by atoms with E-state index >= 15 is 0 Å². The number of rotatable bonds is 5. The number of hydrogen-bond donors (Lipinski definition) is 2. The summed E-state index contributed by atoms with van der Waals surface area (Å²) < 4.78 is 5.52. The third kappa shape index (κ3) is 5.16. The molecule has 1 aliphatic carbocycles. The predicted octanol–water partition coefficient (Wildman–Crippen LogP) is 4.11. The quantitative estimate of drug-likeness (QED) is 0.759. The zero-order valence-electron chi connectivity index (χ0n) is 15.3. The average molecular weight is 377 g/mol. The molecule has 1 aromatic carbocycles. The molecule has 1 saturated carbocycles. The fourth-order valence-corrected chi connectivity index (χ4v) is 5.16. The van der Waals surface area contributed by atoms with Crippen LogP contribution in [0.5, 0.6) is 5.75 Å². The van der Waals surface area contributed by atoms with E-state index in [0.29, 0.717) is 11.9 Å². The Bertz CT molecular complexity index is 620. The van der Waals surface area contributed by atoms with Gasteiger partial charge >= 0.3 is 6.03 Å². The number of benzene rings is 1. The standard InChI is InChI=1S/C20H28N2O3S/c1-2-25-15-9-11-16(12-10-15)26-17-8-6-4-3-5-7-14(13-17)18-19(23)22-20(24)21-18/h9-12,14,17-18H,2-8,13H2,1H3,(H2,21,22,23,24). The molecule has 26 heavy (non-hydrogen) atoms. The van der Waals surface area contributed by atoms with Crippen molar-refractivity contribution in [1.29, 1.82) is 0 Å². The van der Waals surface area contributed by atoms with Gasteiger partial charge in [0.1, 0.15) is 11.8 Å². The van der Waals surface area contributed by atoms with Gasteiger partial charge in [0.2, 0.25) is 0 Å². The second kappa shape index (κ2) is 9.31. The number of imide groups is 1. The molecule has 1 aliphatic heterocycles. The van der Waals surface area contributed by atoms with E-state index < -0.39 is 0 Å². The molecule has 2 aliphatic rings. The second-order valence-corrected chi connectivity index (χ2v) is 8.45. The molecule has 0 bridgehead atoms. The van der Waals surface area contributed by atoms with E-state index in [4.69, 9.17) is 4.74 Å². The Morgan fingerprint density at radius 3 is 2.46 bits per heavy atom. The Balaban J connectivity index is 1.67. The van der Waals surface area contributed by atoms with Crippen LogP contribution in [0, 0.1) is 5.92 Å². The predicted molar refractivity (Wildman–Crippen MR) is 104 cm³/mol. The van der Waals surface area contributed by atoms with Gasteiger partial charge in [-0.15, -0.1) is 11.8 Å². The molecule has 1 heterocycles. The van der Waals surface area contributed by atoms with Gasteiger partial charge in [-0.3, -0.25) is 10.1 Å². The van der Waals surface area contributed by atoms with E-state index in [1.54, 1.807) is 0 Å². The van der Waals surface area contributed by atoms with Gasteiger partial charge in [-0.2, -0.15) is 0 Å². The fourth-order valence-electron chi connectivity index (χ4n) is 3.85. The highest BCUT2D eigenvalue weighted by Crippen LogP contribution is 2.36. The van der Waals surface area contributed by atoms with Crippen molar-refractivity contribution in [3.63, 3.8) is 0 Å². The molecule has 6 heteroatoms. The maximum atomic E-state index is 12.1. The van der Waals surface area contributed by atoms with Crippen LogP contribution in [-0.4, -0.2) is 29.8 Å². The van der Waals surface area contributed by atoms with Crippen LogP contribution in [-0.2, 0) is 4.79 Å². The molecule has 1 saturated heterocycles. The minimum atomic E-state index is -0.371. The SMILES string of the molecule is CCOc1ccc(SC2CCCCCCC(C3NC(=O)NC3=O)C2)cc1. The van der Waals surface area contributed by atoms with E-state index in [9.17, 15) is 9.59 Å². The number of carbonyl (C=O) groups is 2. The lowest BCUT2D eigenvalue weighted by Gasteiger charge is -2.25. The lowest BCUT2D eigenvalue weighted by atomic mass is 9.89. The van der Waals surface area contributed by atoms with Crippen LogP contribution < -0.4 is 15.4 Å². The summed E-state index contributed by atoms with van der Waals surface area (Å²) >= 11 is 1.89. The van der Waals surface area contributed by atoms with E-state index in [0.717, 1.165) is 31.4 Å². The number of carbonyl (C=O) groups excluding carboxylic acids is 2. The van der Waals surface area contributed by atoms with E-state index in [-0.39, 0.29) is 23.9 Å². The van der Waals surface area contributed by atoms with Gasteiger partial charge in [0.05, 0.1) is 6.61 Å². The monoisotopic (exact) mass is 376 g/mol. The van der Waals surface area contributed by atoms with Gasteiger partial charge in [0, 0.05) is 10.1 Å². The smallest absolute Gasteiger partial charge is 0.322 e. The zero-order valence-corrected chi connectivity index (χ0v) is 16.1. The molecule has 0 aromatic heterocycles. The maximum Gasteiger partial charge on any atom is 0.322 e. The molecule has 5 nitrogen and oxygen atoms in total. The summed E-state index contributed by atoms with van der Waals surface area (Å²) in [4.78, 5) is 24.9. The highest BCUT2D eigenvalue weighted by atomic mass is 32.2. The van der Waals surface area contributed by atoms with Crippen LogP contribution in [0.3, 0.4) is 0 Å². The molecular weight excluding hydrogens is 348 g/mol. The Hall–Kier alpha value is -1.69. The minimum Gasteiger partial charge on any atom is -0.494 e. The molecule has 2 N–H and O–H groups in total. The van der Waals surface area contributed by atoms with Gasteiger partial charge in [-0.25, -0.2) is 4.79 Å². The number of thioether (sulfide) groups is 1. The first kappa shape index (κ1) is 19.1. The normalized spacial score (nSPS) is 27.0. The van der Waals surface area contributed by atoms with E-state index in [1.807, 2.05) is 30.8 Å². The van der Waals surface area contributed by atoms with Crippen molar-refractivity contribution in [3.8, 4) is 5.75 Å². The van der Waals surface area contributed by atoms with Crippen LogP contribution in [0.2, 0.25) is 0 Å². The van der Waals surface area contributed by atoms with Crippen molar-refractivity contribution in [2.45, 2.75) is 68.1 Å². The number of amides is 3. The third-order valence-corrected chi connectivity index (χ3v) is 6.44. The summed E-state index contributed by atoms with van der Waals surface area (Å²) in [5.74, 6) is 0.943. The molecule has 1 aromatic rings. The molecule has 3 atom stereocenters. The summed E-state index contributed by atoms with van der Waals surface area (Å²) in [5, 5.41) is 5.67. The summed E-state index contributed by atoms with van der Waals surface area (Å²) in [7, 11) is 0. The third-order valence-electron chi connectivity index (χ3n) is 5.13. The van der Waals surface area contributed by atoms with Crippen LogP contribution in [0.25, 0.3) is 0 Å². The molecule has 0 spiro atoms. The highest BCUT2D eigenvalue weighted by molar-refractivity contribution is 8.00. The molecule has 142 valence electrons. The number of nitrogens with one attached hydrogen (secondary N) is 2. The number of urea groups is 1. The molecule has 0 radical (unpaired) electrons. The van der Waals surface area contributed by atoms with Crippen LogP contribution in [0.1, 0.15) is 51.9 Å². The first-order valence-electron chi connectivity index (χ1n) is 9.66. The molecule has 2 fully saturated rings. The Morgan fingerprint density at radius 1 is 1.08 bits per heavy atom. The summed E-state index contributed by atoms with van der Waals surface area (Å²) in [5.41, 5.74) is 0. The van der Waals surface area contributed by atoms with E-state index in [2.05, 4.69) is 22.8 Å². The lowest BCUT2D eigenvalue weighted by molar-refractivity contribution is -0.121. The molecular formula is C20H28N2O3S. The first-order chi connectivity index (χ1) is 12.7. The van der Waals surface area contributed by atoms with Crippen molar-refractivity contribution in [3.05, 3.63) is 24.3 Å². The Labute approximate surface area is 159 Å². The number of ether oxygens (including phenoxy) is 1. The van der Waals surface area contributed by atoms with Gasteiger partial charge in [0.25, 0.3) is 5.91 Å².